The molecule has 0 spiro atoms. The fourth-order valence-electron chi connectivity index (χ4n) is 2.52. The summed E-state index contributed by atoms with van der Waals surface area (Å²) >= 11 is 5.97. The lowest BCUT2D eigenvalue weighted by molar-refractivity contribution is 0.0443. The predicted molar refractivity (Wildman–Crippen MR) is 88.1 cm³/mol. The van der Waals surface area contributed by atoms with Crippen LogP contribution in [0.3, 0.4) is 0 Å². The van der Waals surface area contributed by atoms with E-state index in [2.05, 4.69) is 4.98 Å². The maximum absolute atomic E-state index is 12.1. The Hall–Kier alpha value is -1.98. The van der Waals surface area contributed by atoms with Crippen molar-refractivity contribution in [1.29, 1.82) is 0 Å². The lowest BCUT2D eigenvalue weighted by Crippen LogP contribution is -2.13. The number of benzene rings is 1. The first-order valence-electron chi connectivity index (χ1n) is 7.33. The van der Waals surface area contributed by atoms with E-state index in [1.807, 2.05) is 19.1 Å². The van der Waals surface area contributed by atoms with E-state index in [1.54, 1.807) is 26.0 Å². The molecule has 2 aromatic rings. The maximum atomic E-state index is 12.1. The van der Waals surface area contributed by atoms with Gasteiger partial charge in [0.15, 0.2) is 0 Å². The summed E-state index contributed by atoms with van der Waals surface area (Å²) in [5, 5.41) is 10.3. The summed E-state index contributed by atoms with van der Waals surface area (Å²) in [5.41, 5.74) is 2.55. The molecule has 5 nitrogen and oxygen atoms in total. The molecule has 2 rings (SSSR count). The topological polar surface area (TPSA) is 71.6 Å². The minimum absolute atomic E-state index is 0.103. The first kappa shape index (κ1) is 17.4. The van der Waals surface area contributed by atoms with Crippen molar-refractivity contribution in [2.45, 2.75) is 26.9 Å². The van der Waals surface area contributed by atoms with Gasteiger partial charge in [0.2, 0.25) is 0 Å². The Morgan fingerprint density at radius 2 is 2.00 bits per heavy atom. The molecule has 1 aromatic heterocycles. The Balaban J connectivity index is 1.91. The molecule has 1 aromatic carbocycles. The first-order valence-corrected chi connectivity index (χ1v) is 7.71. The van der Waals surface area contributed by atoms with E-state index in [1.165, 1.54) is 0 Å². The van der Waals surface area contributed by atoms with Crippen LogP contribution in [0.1, 0.15) is 40.3 Å². The van der Waals surface area contributed by atoms with Gasteiger partial charge in [0.25, 0.3) is 0 Å². The van der Waals surface area contributed by atoms with Crippen molar-refractivity contribution in [3.8, 4) is 5.75 Å². The number of para-hydroxylation sites is 1. The van der Waals surface area contributed by atoms with E-state index < -0.39 is 12.1 Å². The van der Waals surface area contributed by atoms with Crippen LogP contribution in [0.15, 0.2) is 24.3 Å². The zero-order chi connectivity index (χ0) is 17.0. The van der Waals surface area contributed by atoms with Crippen LogP contribution in [0.25, 0.3) is 0 Å². The van der Waals surface area contributed by atoms with Crippen molar-refractivity contribution in [2.75, 3.05) is 13.2 Å². The van der Waals surface area contributed by atoms with Gasteiger partial charge in [-0.2, -0.15) is 0 Å². The monoisotopic (exact) mass is 337 g/mol. The smallest absolute Gasteiger partial charge is 0.355 e. The Morgan fingerprint density at radius 3 is 2.61 bits per heavy atom. The SMILES string of the molecule is Cc1[nH]c(C(=O)OCCOc2ccccc2Cl)c(C)c1[C@@H](C)O. The number of aromatic nitrogens is 1. The molecule has 124 valence electrons. The molecule has 0 aliphatic rings. The van der Waals surface area contributed by atoms with Gasteiger partial charge < -0.3 is 19.6 Å². The zero-order valence-corrected chi connectivity index (χ0v) is 14.1. The summed E-state index contributed by atoms with van der Waals surface area (Å²) in [4.78, 5) is 15.1. The molecule has 0 saturated carbocycles. The number of carbonyl (C=O) groups excluding carboxylic acids is 1. The number of rotatable bonds is 6. The molecule has 2 N–H and O–H groups in total. The molecule has 0 aliphatic heterocycles. The highest BCUT2D eigenvalue weighted by Crippen LogP contribution is 2.25. The van der Waals surface area contributed by atoms with Crippen LogP contribution < -0.4 is 4.74 Å². The molecular weight excluding hydrogens is 318 g/mol. The average molecular weight is 338 g/mol. The van der Waals surface area contributed by atoms with Crippen LogP contribution in [0, 0.1) is 13.8 Å². The predicted octanol–water partition coefficient (Wildman–Crippen LogP) is 3.57. The zero-order valence-electron chi connectivity index (χ0n) is 13.4. The third-order valence-electron chi connectivity index (χ3n) is 3.53. The first-order chi connectivity index (χ1) is 10.9. The molecule has 6 heteroatoms. The van der Waals surface area contributed by atoms with Crippen molar-refractivity contribution in [3.63, 3.8) is 0 Å². The van der Waals surface area contributed by atoms with Crippen LogP contribution in [0.5, 0.6) is 5.75 Å². The fourth-order valence-corrected chi connectivity index (χ4v) is 2.71. The van der Waals surface area contributed by atoms with Gasteiger partial charge >= 0.3 is 5.97 Å². The van der Waals surface area contributed by atoms with Crippen molar-refractivity contribution >= 4 is 17.6 Å². The van der Waals surface area contributed by atoms with E-state index >= 15 is 0 Å². The molecule has 1 atom stereocenters. The number of aryl methyl sites for hydroxylation is 1. The highest BCUT2D eigenvalue weighted by atomic mass is 35.5. The molecule has 0 unspecified atom stereocenters. The standard InChI is InChI=1S/C17H20ClNO4/c1-10-15(12(3)20)11(2)19-16(10)17(21)23-9-8-22-14-7-5-4-6-13(14)18/h4-7,12,19-20H,8-9H2,1-3H3/t12-/m1/s1. The minimum atomic E-state index is -0.642. The van der Waals surface area contributed by atoms with Gasteiger partial charge in [-0.25, -0.2) is 4.79 Å². The van der Waals surface area contributed by atoms with Crippen molar-refractivity contribution in [2.24, 2.45) is 0 Å². The van der Waals surface area contributed by atoms with E-state index in [0.29, 0.717) is 22.0 Å². The summed E-state index contributed by atoms with van der Waals surface area (Å²) in [6.45, 7) is 5.56. The number of esters is 1. The highest BCUT2D eigenvalue weighted by Gasteiger charge is 2.20. The lowest BCUT2D eigenvalue weighted by atomic mass is 10.1. The number of nitrogens with one attached hydrogen (secondary N) is 1. The van der Waals surface area contributed by atoms with Gasteiger partial charge in [-0.1, -0.05) is 23.7 Å². The molecule has 0 bridgehead atoms. The quantitative estimate of drug-likeness (QED) is 0.624. The molecule has 0 fully saturated rings. The number of aromatic amines is 1. The van der Waals surface area contributed by atoms with Crippen molar-refractivity contribution < 1.29 is 19.4 Å². The number of aliphatic hydroxyl groups excluding tert-OH is 1. The molecule has 23 heavy (non-hydrogen) atoms. The van der Waals surface area contributed by atoms with Gasteiger partial charge in [0, 0.05) is 11.3 Å². The van der Waals surface area contributed by atoms with Gasteiger partial charge in [-0.15, -0.1) is 0 Å². The fraction of sp³-hybridized carbons (Fsp3) is 0.353. The van der Waals surface area contributed by atoms with E-state index in [9.17, 15) is 9.90 Å². The Morgan fingerprint density at radius 1 is 1.30 bits per heavy atom. The third-order valence-corrected chi connectivity index (χ3v) is 3.84. The van der Waals surface area contributed by atoms with Crippen LogP contribution in [0.4, 0.5) is 0 Å². The number of hydrogen-bond acceptors (Lipinski definition) is 4. The summed E-state index contributed by atoms with van der Waals surface area (Å²) in [7, 11) is 0. The summed E-state index contributed by atoms with van der Waals surface area (Å²) < 4.78 is 10.7. The van der Waals surface area contributed by atoms with Gasteiger partial charge in [-0.05, 0) is 38.5 Å². The van der Waals surface area contributed by atoms with Crippen LogP contribution in [-0.4, -0.2) is 29.3 Å². The summed E-state index contributed by atoms with van der Waals surface area (Å²) in [6.07, 6.45) is -0.642. The minimum Gasteiger partial charge on any atom is -0.488 e. The Bertz CT molecular complexity index is 694. The number of carbonyl (C=O) groups is 1. The Kier molecular flexibility index (Phi) is 5.69. The number of hydrogen-bond donors (Lipinski definition) is 2. The van der Waals surface area contributed by atoms with E-state index in [4.69, 9.17) is 21.1 Å². The molecule has 0 saturated heterocycles. The number of H-pyrrole nitrogens is 1. The molecule has 1 heterocycles. The van der Waals surface area contributed by atoms with Gasteiger partial charge in [0.1, 0.15) is 24.7 Å². The van der Waals surface area contributed by atoms with Crippen LogP contribution >= 0.6 is 11.6 Å². The van der Waals surface area contributed by atoms with E-state index in [-0.39, 0.29) is 13.2 Å². The second kappa shape index (κ2) is 7.53. The number of aliphatic hydroxyl groups is 1. The number of ether oxygens (including phenoxy) is 2. The van der Waals surface area contributed by atoms with Gasteiger partial charge in [0.05, 0.1) is 11.1 Å². The average Bonchev–Trinajstić information content (AvgIpc) is 2.80. The normalized spacial score (nSPS) is 12.0. The lowest BCUT2D eigenvalue weighted by Gasteiger charge is -2.09. The van der Waals surface area contributed by atoms with Crippen LogP contribution in [-0.2, 0) is 4.74 Å². The van der Waals surface area contributed by atoms with Gasteiger partial charge in [-0.3, -0.25) is 0 Å². The van der Waals surface area contributed by atoms with Crippen LogP contribution in [0.2, 0.25) is 5.02 Å². The molecule has 0 aliphatic carbocycles. The summed E-state index contributed by atoms with van der Waals surface area (Å²) in [6, 6.07) is 7.10. The Labute approximate surface area is 140 Å². The highest BCUT2D eigenvalue weighted by molar-refractivity contribution is 6.32. The largest absolute Gasteiger partial charge is 0.488 e. The molecule has 0 amide bonds. The maximum Gasteiger partial charge on any atom is 0.355 e. The van der Waals surface area contributed by atoms with Crippen molar-refractivity contribution in [1.82, 2.24) is 4.98 Å². The summed E-state index contributed by atoms with van der Waals surface area (Å²) in [5.74, 6) is 0.0776. The van der Waals surface area contributed by atoms with Crippen molar-refractivity contribution in [3.05, 3.63) is 51.8 Å². The molecular formula is C17H20ClNO4. The second-order valence-corrected chi connectivity index (χ2v) is 5.66. The third kappa shape index (κ3) is 4.06. The van der Waals surface area contributed by atoms with E-state index in [0.717, 1.165) is 11.3 Å². The second-order valence-electron chi connectivity index (χ2n) is 5.25. The molecule has 0 radical (unpaired) electrons. The number of halogens is 1.